The number of benzene rings is 1. The van der Waals surface area contributed by atoms with Gasteiger partial charge in [-0.1, -0.05) is 36.1 Å². The van der Waals surface area contributed by atoms with Gasteiger partial charge < -0.3 is 5.32 Å². The molecule has 0 spiro atoms. The minimum Gasteiger partial charge on any atom is -0.307 e. The molecule has 1 aromatic carbocycles. The van der Waals surface area contributed by atoms with Gasteiger partial charge >= 0.3 is 0 Å². The Balaban J connectivity index is 1.95. The summed E-state index contributed by atoms with van der Waals surface area (Å²) in [6.07, 6.45) is 1.58. The van der Waals surface area contributed by atoms with Crippen LogP contribution in [0.5, 0.6) is 0 Å². The third-order valence-electron chi connectivity index (χ3n) is 3.03. The molecular weight excluding hydrogens is 369 g/mol. The summed E-state index contributed by atoms with van der Waals surface area (Å²) < 4.78 is 14.4. The van der Waals surface area contributed by atoms with Gasteiger partial charge in [0.1, 0.15) is 10.1 Å². The van der Waals surface area contributed by atoms with Crippen molar-refractivity contribution in [2.75, 3.05) is 4.90 Å². The Bertz CT molecular complexity index is 878. The quantitative estimate of drug-likeness (QED) is 0.654. The number of carbonyl (C=O) groups is 2. The second-order valence-corrected chi connectivity index (χ2v) is 7.27. The highest BCUT2D eigenvalue weighted by Crippen LogP contribution is 2.32. The number of halogens is 1. The van der Waals surface area contributed by atoms with Gasteiger partial charge in [-0.25, -0.2) is 9.37 Å². The van der Waals surface area contributed by atoms with Crippen LogP contribution in [0.25, 0.3) is 6.08 Å². The molecule has 5 nitrogen and oxygen atoms in total. The number of para-hydroxylation sites is 1. The second kappa shape index (κ2) is 6.80. The fourth-order valence-electron chi connectivity index (χ4n) is 2.04. The Labute approximate surface area is 150 Å². The predicted octanol–water partition coefficient (Wildman–Crippen LogP) is 3.46. The van der Waals surface area contributed by atoms with Crippen molar-refractivity contribution in [1.29, 1.82) is 0 Å². The monoisotopic (exact) mass is 379 g/mol. The number of hydrogen-bond donors (Lipinski definition) is 1. The summed E-state index contributed by atoms with van der Waals surface area (Å²) in [7, 11) is 0. The van der Waals surface area contributed by atoms with Crippen LogP contribution in [0.1, 0.15) is 12.6 Å². The minimum absolute atomic E-state index is 0.132. The van der Waals surface area contributed by atoms with E-state index in [1.165, 1.54) is 35.3 Å². The average molecular weight is 379 g/mol. The first-order chi connectivity index (χ1) is 11.5. The van der Waals surface area contributed by atoms with Gasteiger partial charge in [-0.15, -0.1) is 11.3 Å². The van der Waals surface area contributed by atoms with E-state index in [-0.39, 0.29) is 17.5 Å². The molecule has 9 heteroatoms. The van der Waals surface area contributed by atoms with Gasteiger partial charge in [0.25, 0.3) is 5.91 Å². The first kappa shape index (κ1) is 16.7. The third kappa shape index (κ3) is 3.37. The normalized spacial score (nSPS) is 15.7. The number of anilines is 2. The Morgan fingerprint density at radius 2 is 2.17 bits per heavy atom. The van der Waals surface area contributed by atoms with Crippen LogP contribution < -0.4 is 10.2 Å². The Kier molecular flexibility index (Phi) is 4.74. The molecule has 3 rings (SSSR count). The van der Waals surface area contributed by atoms with E-state index < -0.39 is 5.82 Å². The van der Waals surface area contributed by atoms with Gasteiger partial charge in [-0.2, -0.15) is 0 Å². The number of nitrogens with one attached hydrogen (secondary N) is 1. The molecule has 0 bridgehead atoms. The van der Waals surface area contributed by atoms with E-state index in [0.29, 0.717) is 20.1 Å². The summed E-state index contributed by atoms with van der Waals surface area (Å²) >= 11 is 7.26. The van der Waals surface area contributed by atoms with Crippen LogP contribution in [0, 0.1) is 5.82 Å². The van der Waals surface area contributed by atoms with Gasteiger partial charge in [0.15, 0.2) is 5.13 Å². The van der Waals surface area contributed by atoms with Gasteiger partial charge in [0.05, 0.1) is 16.3 Å². The van der Waals surface area contributed by atoms with Crippen molar-refractivity contribution in [3.05, 3.63) is 46.1 Å². The summed E-state index contributed by atoms with van der Waals surface area (Å²) in [5, 5.41) is 4.53. The molecule has 122 valence electrons. The Morgan fingerprint density at radius 1 is 1.42 bits per heavy atom. The van der Waals surface area contributed by atoms with Crippen LogP contribution in [0.15, 0.2) is 34.6 Å². The molecular formula is C15H10FN3O2S3. The molecule has 0 atom stereocenters. The van der Waals surface area contributed by atoms with E-state index in [4.69, 9.17) is 12.2 Å². The number of thioether (sulfide) groups is 1. The highest BCUT2D eigenvalue weighted by Gasteiger charge is 2.24. The standard InChI is InChI=1S/C15H10FN3O2S3/c1-8(20)19(11-5-3-2-4-10(11)16)14-17-9(7-23-14)6-12-13(21)18-15(22)24-12/h2-7H,1H3,(H,18,21,22). The summed E-state index contributed by atoms with van der Waals surface area (Å²) in [4.78, 5) is 29.6. The first-order valence-electron chi connectivity index (χ1n) is 6.71. The molecule has 1 fully saturated rings. The largest absolute Gasteiger partial charge is 0.307 e. The van der Waals surface area contributed by atoms with Crippen molar-refractivity contribution in [3.63, 3.8) is 0 Å². The molecule has 2 amide bonds. The average Bonchev–Trinajstić information content (AvgIpc) is 3.08. The lowest BCUT2D eigenvalue weighted by atomic mass is 10.3. The topological polar surface area (TPSA) is 62.3 Å². The van der Waals surface area contributed by atoms with Gasteiger partial charge in [-0.3, -0.25) is 14.5 Å². The summed E-state index contributed by atoms with van der Waals surface area (Å²) in [5.41, 5.74) is 0.632. The van der Waals surface area contributed by atoms with Gasteiger partial charge in [-0.05, 0) is 18.2 Å². The number of rotatable bonds is 3. The van der Waals surface area contributed by atoms with Crippen LogP contribution in [-0.4, -0.2) is 21.1 Å². The molecule has 1 aromatic heterocycles. The summed E-state index contributed by atoms with van der Waals surface area (Å²) in [6.45, 7) is 1.34. The number of amides is 2. The molecule has 2 heterocycles. The van der Waals surface area contributed by atoms with Crippen molar-refractivity contribution in [3.8, 4) is 0 Å². The highest BCUT2D eigenvalue weighted by atomic mass is 32.2. The molecule has 24 heavy (non-hydrogen) atoms. The molecule has 1 aliphatic rings. The Morgan fingerprint density at radius 3 is 2.79 bits per heavy atom. The number of nitrogens with zero attached hydrogens (tertiary/aromatic N) is 2. The molecule has 1 aliphatic heterocycles. The third-order valence-corrected chi connectivity index (χ3v) is 5.04. The number of hydrogen-bond acceptors (Lipinski definition) is 6. The van der Waals surface area contributed by atoms with E-state index in [9.17, 15) is 14.0 Å². The number of thiazole rings is 1. The molecule has 0 saturated carbocycles. The zero-order chi connectivity index (χ0) is 17.3. The van der Waals surface area contributed by atoms with Crippen molar-refractivity contribution >= 4 is 68.3 Å². The lowest BCUT2D eigenvalue weighted by molar-refractivity contribution is -0.116. The van der Waals surface area contributed by atoms with Crippen LogP contribution >= 0.6 is 35.3 Å². The zero-order valence-electron chi connectivity index (χ0n) is 12.3. The molecule has 0 unspecified atom stereocenters. The summed E-state index contributed by atoms with van der Waals surface area (Å²) in [6, 6.07) is 5.98. The maximum absolute atomic E-state index is 14.0. The number of carbonyl (C=O) groups excluding carboxylic acids is 2. The van der Waals surface area contributed by atoms with E-state index in [1.54, 1.807) is 23.6 Å². The van der Waals surface area contributed by atoms with Crippen molar-refractivity contribution in [2.45, 2.75) is 6.92 Å². The smallest absolute Gasteiger partial charge is 0.263 e. The minimum atomic E-state index is -0.515. The van der Waals surface area contributed by atoms with Crippen molar-refractivity contribution in [2.24, 2.45) is 0 Å². The maximum Gasteiger partial charge on any atom is 0.263 e. The molecule has 1 saturated heterocycles. The zero-order valence-corrected chi connectivity index (χ0v) is 14.7. The SMILES string of the molecule is CC(=O)N(c1nc(C=C2SC(=S)NC2=O)cs1)c1ccccc1F. The van der Waals surface area contributed by atoms with E-state index >= 15 is 0 Å². The summed E-state index contributed by atoms with van der Waals surface area (Å²) in [5.74, 6) is -1.15. The molecule has 0 radical (unpaired) electrons. The molecule has 2 aromatic rings. The maximum atomic E-state index is 14.0. The highest BCUT2D eigenvalue weighted by molar-refractivity contribution is 8.26. The predicted molar refractivity (Wildman–Crippen MR) is 97.6 cm³/mol. The number of aromatic nitrogens is 1. The molecule has 1 N–H and O–H groups in total. The first-order valence-corrected chi connectivity index (χ1v) is 8.82. The van der Waals surface area contributed by atoms with Crippen LogP contribution in [0.2, 0.25) is 0 Å². The van der Waals surface area contributed by atoms with Crippen LogP contribution in [0.4, 0.5) is 15.2 Å². The molecule has 0 aliphatic carbocycles. The van der Waals surface area contributed by atoms with Gasteiger partial charge in [0.2, 0.25) is 5.91 Å². The van der Waals surface area contributed by atoms with Crippen LogP contribution in [-0.2, 0) is 9.59 Å². The fourth-order valence-corrected chi connectivity index (χ4v) is 3.91. The lowest BCUT2D eigenvalue weighted by Gasteiger charge is -2.18. The van der Waals surface area contributed by atoms with Crippen molar-refractivity contribution in [1.82, 2.24) is 10.3 Å². The Hall–Kier alpha value is -2.10. The lowest BCUT2D eigenvalue weighted by Crippen LogP contribution is -2.23. The van der Waals surface area contributed by atoms with E-state index in [1.807, 2.05) is 0 Å². The second-order valence-electron chi connectivity index (χ2n) is 4.71. The fraction of sp³-hybridized carbons (Fsp3) is 0.0667. The van der Waals surface area contributed by atoms with Crippen LogP contribution in [0.3, 0.4) is 0 Å². The number of thiocarbonyl (C=S) groups is 1. The van der Waals surface area contributed by atoms with E-state index in [2.05, 4.69) is 10.3 Å². The van der Waals surface area contributed by atoms with E-state index in [0.717, 1.165) is 11.8 Å². The van der Waals surface area contributed by atoms with Crippen molar-refractivity contribution < 1.29 is 14.0 Å². The van der Waals surface area contributed by atoms with Gasteiger partial charge in [0, 0.05) is 12.3 Å².